The Morgan fingerprint density at radius 2 is 1.96 bits per heavy atom. The van der Waals surface area contributed by atoms with E-state index in [0.29, 0.717) is 24.5 Å². The third kappa shape index (κ3) is 4.65. The SMILES string of the molecule is O=C(NOCc1ccccc1)c1cccc(OCc2cscn2)c1. The van der Waals surface area contributed by atoms with E-state index in [1.165, 1.54) is 11.3 Å². The lowest BCUT2D eigenvalue weighted by Gasteiger charge is -2.08. The van der Waals surface area contributed by atoms with Crippen LogP contribution >= 0.6 is 11.3 Å². The van der Waals surface area contributed by atoms with Crippen molar-refractivity contribution in [3.63, 3.8) is 0 Å². The summed E-state index contributed by atoms with van der Waals surface area (Å²) >= 11 is 1.52. The average molecular weight is 340 g/mol. The van der Waals surface area contributed by atoms with E-state index < -0.39 is 0 Å². The van der Waals surface area contributed by atoms with Crippen molar-refractivity contribution in [3.8, 4) is 5.75 Å². The summed E-state index contributed by atoms with van der Waals surface area (Å²) in [5, 5.41) is 1.92. The van der Waals surface area contributed by atoms with Crippen molar-refractivity contribution in [3.05, 3.63) is 82.3 Å². The van der Waals surface area contributed by atoms with Crippen molar-refractivity contribution in [2.75, 3.05) is 0 Å². The molecule has 2 aromatic carbocycles. The van der Waals surface area contributed by atoms with Gasteiger partial charge < -0.3 is 4.74 Å². The predicted octanol–water partition coefficient (Wildman–Crippen LogP) is 3.58. The zero-order valence-electron chi connectivity index (χ0n) is 12.8. The number of carbonyl (C=O) groups excluding carboxylic acids is 1. The van der Waals surface area contributed by atoms with Crippen molar-refractivity contribution in [1.82, 2.24) is 10.5 Å². The van der Waals surface area contributed by atoms with E-state index in [4.69, 9.17) is 9.57 Å². The number of hydrogen-bond donors (Lipinski definition) is 1. The topological polar surface area (TPSA) is 60.5 Å². The molecule has 1 aromatic heterocycles. The van der Waals surface area contributed by atoms with Gasteiger partial charge >= 0.3 is 0 Å². The highest BCUT2D eigenvalue weighted by Crippen LogP contribution is 2.15. The van der Waals surface area contributed by atoms with Crippen LogP contribution < -0.4 is 10.2 Å². The highest BCUT2D eigenvalue weighted by molar-refractivity contribution is 7.07. The molecule has 0 saturated heterocycles. The molecule has 0 bridgehead atoms. The van der Waals surface area contributed by atoms with Gasteiger partial charge in [0.25, 0.3) is 5.91 Å². The molecule has 5 nitrogen and oxygen atoms in total. The number of ether oxygens (including phenoxy) is 1. The molecule has 3 aromatic rings. The molecule has 6 heteroatoms. The normalized spacial score (nSPS) is 10.3. The van der Waals surface area contributed by atoms with Gasteiger partial charge in [0.05, 0.1) is 17.8 Å². The van der Waals surface area contributed by atoms with Gasteiger partial charge in [-0.2, -0.15) is 0 Å². The second kappa shape index (κ2) is 8.24. The Morgan fingerprint density at radius 1 is 1.08 bits per heavy atom. The molecule has 1 heterocycles. The van der Waals surface area contributed by atoms with Crippen LogP contribution in [0.5, 0.6) is 5.75 Å². The number of carbonyl (C=O) groups is 1. The number of aromatic nitrogens is 1. The standard InChI is InChI=1S/C18H16N2O3S/c21-18(20-23-10-14-5-2-1-3-6-14)15-7-4-8-17(9-15)22-11-16-12-24-13-19-16/h1-9,12-13H,10-11H2,(H,20,21). The maximum Gasteiger partial charge on any atom is 0.274 e. The van der Waals surface area contributed by atoms with E-state index in [-0.39, 0.29) is 5.91 Å². The maximum absolute atomic E-state index is 12.1. The van der Waals surface area contributed by atoms with Gasteiger partial charge in [-0.3, -0.25) is 9.63 Å². The number of amides is 1. The van der Waals surface area contributed by atoms with Crippen LogP contribution in [0.25, 0.3) is 0 Å². The van der Waals surface area contributed by atoms with E-state index in [1.807, 2.05) is 35.7 Å². The third-order valence-corrected chi connectivity index (χ3v) is 3.85. The molecule has 3 rings (SSSR count). The van der Waals surface area contributed by atoms with Gasteiger partial charge in [0, 0.05) is 10.9 Å². The number of rotatable bonds is 7. The molecule has 0 spiro atoms. The summed E-state index contributed by atoms with van der Waals surface area (Å²) in [5.74, 6) is 0.295. The predicted molar refractivity (Wildman–Crippen MR) is 91.6 cm³/mol. The first-order valence-electron chi connectivity index (χ1n) is 7.37. The highest BCUT2D eigenvalue weighted by atomic mass is 32.1. The Labute approximate surface area is 143 Å². The van der Waals surface area contributed by atoms with E-state index in [9.17, 15) is 4.79 Å². The summed E-state index contributed by atoms with van der Waals surface area (Å²) in [4.78, 5) is 21.5. The minimum atomic E-state index is -0.315. The molecule has 1 N–H and O–H groups in total. The molecule has 1 amide bonds. The summed E-state index contributed by atoms with van der Waals surface area (Å²) in [5.41, 5.74) is 6.51. The lowest BCUT2D eigenvalue weighted by Crippen LogP contribution is -2.23. The first-order valence-corrected chi connectivity index (χ1v) is 8.31. The second-order valence-electron chi connectivity index (χ2n) is 5.00. The largest absolute Gasteiger partial charge is 0.487 e. The van der Waals surface area contributed by atoms with Crippen molar-refractivity contribution in [2.24, 2.45) is 0 Å². The molecule has 0 aliphatic rings. The Morgan fingerprint density at radius 3 is 2.75 bits per heavy atom. The summed E-state index contributed by atoms with van der Waals surface area (Å²) in [6, 6.07) is 16.6. The number of hydroxylamine groups is 1. The van der Waals surface area contributed by atoms with Gasteiger partial charge in [-0.15, -0.1) is 11.3 Å². The summed E-state index contributed by atoms with van der Waals surface area (Å²) in [6.45, 7) is 0.686. The molecule has 122 valence electrons. The van der Waals surface area contributed by atoms with Crippen molar-refractivity contribution in [2.45, 2.75) is 13.2 Å². The first-order chi connectivity index (χ1) is 11.8. The molecule has 0 saturated carbocycles. The molecular weight excluding hydrogens is 324 g/mol. The number of nitrogens with one attached hydrogen (secondary N) is 1. The quantitative estimate of drug-likeness (QED) is 0.668. The smallest absolute Gasteiger partial charge is 0.274 e. The molecular formula is C18H16N2O3S. The van der Waals surface area contributed by atoms with Gasteiger partial charge in [-0.25, -0.2) is 10.5 Å². The lowest BCUT2D eigenvalue weighted by atomic mass is 10.2. The number of benzene rings is 2. The van der Waals surface area contributed by atoms with E-state index in [1.54, 1.807) is 29.8 Å². The maximum atomic E-state index is 12.1. The van der Waals surface area contributed by atoms with Crippen LogP contribution in [-0.2, 0) is 18.1 Å². The van der Waals surface area contributed by atoms with E-state index >= 15 is 0 Å². The molecule has 0 aliphatic heterocycles. The van der Waals surface area contributed by atoms with E-state index in [2.05, 4.69) is 10.5 Å². The zero-order valence-corrected chi connectivity index (χ0v) is 13.7. The monoisotopic (exact) mass is 340 g/mol. The fraction of sp³-hybridized carbons (Fsp3) is 0.111. The molecule has 24 heavy (non-hydrogen) atoms. The minimum Gasteiger partial charge on any atom is -0.487 e. The molecule has 0 fully saturated rings. The summed E-state index contributed by atoms with van der Waals surface area (Å²) < 4.78 is 5.64. The van der Waals surface area contributed by atoms with Gasteiger partial charge in [0.1, 0.15) is 12.4 Å². The van der Waals surface area contributed by atoms with Crippen LogP contribution in [0.3, 0.4) is 0 Å². The van der Waals surface area contributed by atoms with Crippen molar-refractivity contribution in [1.29, 1.82) is 0 Å². The van der Waals surface area contributed by atoms with Crippen LogP contribution in [-0.4, -0.2) is 10.9 Å². The van der Waals surface area contributed by atoms with Crippen LogP contribution in [0, 0.1) is 0 Å². The number of thiazole rings is 1. The Bertz CT molecular complexity index is 776. The molecule has 0 unspecified atom stereocenters. The fourth-order valence-corrected chi connectivity index (χ4v) is 2.55. The summed E-state index contributed by atoms with van der Waals surface area (Å²) in [6.07, 6.45) is 0. The zero-order chi connectivity index (χ0) is 16.6. The average Bonchev–Trinajstić information content (AvgIpc) is 3.15. The van der Waals surface area contributed by atoms with E-state index in [0.717, 1.165) is 11.3 Å². The van der Waals surface area contributed by atoms with Gasteiger partial charge in [-0.1, -0.05) is 36.4 Å². The Balaban J connectivity index is 1.52. The van der Waals surface area contributed by atoms with Crippen LogP contribution in [0.2, 0.25) is 0 Å². The van der Waals surface area contributed by atoms with Crippen molar-refractivity contribution < 1.29 is 14.4 Å². The molecule has 0 aliphatic carbocycles. The van der Waals surface area contributed by atoms with Crippen LogP contribution in [0.4, 0.5) is 0 Å². The first kappa shape index (κ1) is 16.2. The van der Waals surface area contributed by atoms with Gasteiger partial charge in [0.15, 0.2) is 0 Å². The number of nitrogens with zero attached hydrogens (tertiary/aromatic N) is 1. The molecule has 0 radical (unpaired) electrons. The number of hydrogen-bond acceptors (Lipinski definition) is 5. The van der Waals surface area contributed by atoms with Gasteiger partial charge in [0.2, 0.25) is 0 Å². The summed E-state index contributed by atoms with van der Waals surface area (Å²) in [7, 11) is 0. The minimum absolute atomic E-state index is 0.312. The Hall–Kier alpha value is -2.70. The lowest BCUT2D eigenvalue weighted by molar-refractivity contribution is 0.0233. The van der Waals surface area contributed by atoms with Crippen molar-refractivity contribution >= 4 is 17.2 Å². The fourth-order valence-electron chi connectivity index (χ4n) is 2.01. The highest BCUT2D eigenvalue weighted by Gasteiger charge is 2.07. The second-order valence-corrected chi connectivity index (χ2v) is 5.72. The van der Waals surface area contributed by atoms with Crippen LogP contribution in [0.15, 0.2) is 65.5 Å². The third-order valence-electron chi connectivity index (χ3n) is 3.21. The molecule has 0 atom stereocenters. The van der Waals surface area contributed by atoms with Gasteiger partial charge in [-0.05, 0) is 23.8 Å². The van der Waals surface area contributed by atoms with Crippen LogP contribution in [0.1, 0.15) is 21.6 Å². The Kier molecular flexibility index (Phi) is 5.55.